The minimum atomic E-state index is -1.06. The topological polar surface area (TPSA) is 66.4 Å². The van der Waals surface area contributed by atoms with Gasteiger partial charge in [-0.05, 0) is 24.1 Å². The number of carbonyl (C=O) groups is 2. The van der Waals surface area contributed by atoms with E-state index in [0.29, 0.717) is 0 Å². The van der Waals surface area contributed by atoms with E-state index in [0.717, 1.165) is 4.47 Å². The number of halogens is 2. The maximum absolute atomic E-state index is 11.9. The summed E-state index contributed by atoms with van der Waals surface area (Å²) in [6.07, 6.45) is 0. The minimum Gasteiger partial charge on any atom is -0.480 e. The molecular formula is C12H13BrClNO3. The van der Waals surface area contributed by atoms with Gasteiger partial charge >= 0.3 is 5.97 Å². The second-order valence-corrected chi connectivity index (χ2v) is 5.48. The zero-order valence-corrected chi connectivity index (χ0v) is 12.2. The van der Waals surface area contributed by atoms with Crippen molar-refractivity contribution in [2.75, 3.05) is 0 Å². The molecule has 1 atom stereocenters. The maximum atomic E-state index is 11.9. The van der Waals surface area contributed by atoms with Crippen LogP contribution in [0.5, 0.6) is 0 Å². The summed E-state index contributed by atoms with van der Waals surface area (Å²) in [7, 11) is 0. The highest BCUT2D eigenvalue weighted by Gasteiger charge is 2.24. The molecule has 0 heterocycles. The smallest absolute Gasteiger partial charge is 0.326 e. The summed E-state index contributed by atoms with van der Waals surface area (Å²) in [5, 5.41) is 11.7. The van der Waals surface area contributed by atoms with Gasteiger partial charge in [0.2, 0.25) is 0 Å². The average molecular weight is 335 g/mol. The molecule has 0 aliphatic carbocycles. The molecular weight excluding hydrogens is 321 g/mol. The molecule has 0 aliphatic heterocycles. The fourth-order valence-electron chi connectivity index (χ4n) is 1.41. The van der Waals surface area contributed by atoms with Gasteiger partial charge in [-0.3, -0.25) is 4.79 Å². The first-order valence-electron chi connectivity index (χ1n) is 5.31. The minimum absolute atomic E-state index is 0.208. The van der Waals surface area contributed by atoms with E-state index in [1.54, 1.807) is 32.0 Å². The fourth-order valence-corrected chi connectivity index (χ4v) is 2.17. The third-order valence-electron chi connectivity index (χ3n) is 2.40. The van der Waals surface area contributed by atoms with Crippen molar-refractivity contribution in [3.8, 4) is 0 Å². The molecule has 1 aromatic rings. The third kappa shape index (κ3) is 3.71. The quantitative estimate of drug-likeness (QED) is 0.889. The van der Waals surface area contributed by atoms with Gasteiger partial charge in [0.05, 0.1) is 10.6 Å². The lowest BCUT2D eigenvalue weighted by molar-refractivity contribution is -0.140. The van der Waals surface area contributed by atoms with Crippen LogP contribution in [0.1, 0.15) is 24.2 Å². The Bertz CT molecular complexity index is 476. The molecule has 2 N–H and O–H groups in total. The number of hydrogen-bond acceptors (Lipinski definition) is 2. The summed E-state index contributed by atoms with van der Waals surface area (Å²) in [6.45, 7) is 3.45. The maximum Gasteiger partial charge on any atom is 0.326 e. The lowest BCUT2D eigenvalue weighted by Crippen LogP contribution is -2.44. The zero-order valence-electron chi connectivity index (χ0n) is 9.91. The van der Waals surface area contributed by atoms with Gasteiger partial charge < -0.3 is 10.4 Å². The van der Waals surface area contributed by atoms with Gasteiger partial charge in [-0.25, -0.2) is 4.79 Å². The molecule has 18 heavy (non-hydrogen) atoms. The Morgan fingerprint density at radius 1 is 1.39 bits per heavy atom. The highest BCUT2D eigenvalue weighted by Crippen LogP contribution is 2.21. The Balaban J connectivity index is 2.91. The van der Waals surface area contributed by atoms with Crippen LogP contribution in [0.25, 0.3) is 0 Å². The first-order chi connectivity index (χ1) is 8.32. The summed E-state index contributed by atoms with van der Waals surface area (Å²) in [5.74, 6) is -1.76. The van der Waals surface area contributed by atoms with Crippen LogP contribution < -0.4 is 5.32 Å². The van der Waals surface area contributed by atoms with Crippen LogP contribution in [0.15, 0.2) is 22.7 Å². The van der Waals surface area contributed by atoms with E-state index in [-0.39, 0.29) is 16.5 Å². The largest absolute Gasteiger partial charge is 0.480 e. The van der Waals surface area contributed by atoms with Gasteiger partial charge in [0.1, 0.15) is 6.04 Å². The van der Waals surface area contributed by atoms with Crippen molar-refractivity contribution in [3.05, 3.63) is 33.3 Å². The van der Waals surface area contributed by atoms with E-state index >= 15 is 0 Å². The van der Waals surface area contributed by atoms with E-state index in [1.807, 2.05) is 0 Å². The van der Waals surface area contributed by atoms with Crippen LogP contribution >= 0.6 is 27.5 Å². The number of aliphatic carboxylic acids is 1. The molecule has 0 saturated carbocycles. The van der Waals surface area contributed by atoms with Crippen LogP contribution in [0.4, 0.5) is 0 Å². The number of rotatable bonds is 4. The van der Waals surface area contributed by atoms with Crippen molar-refractivity contribution in [2.24, 2.45) is 5.92 Å². The monoisotopic (exact) mass is 333 g/mol. The number of nitrogens with one attached hydrogen (secondary N) is 1. The lowest BCUT2D eigenvalue weighted by atomic mass is 10.0. The molecule has 0 spiro atoms. The van der Waals surface area contributed by atoms with Crippen LogP contribution in [-0.2, 0) is 4.79 Å². The number of benzene rings is 1. The summed E-state index contributed by atoms with van der Waals surface area (Å²) in [6, 6.07) is 3.87. The van der Waals surface area contributed by atoms with E-state index < -0.39 is 17.9 Å². The Morgan fingerprint density at radius 2 is 2.00 bits per heavy atom. The highest BCUT2D eigenvalue weighted by molar-refractivity contribution is 9.10. The normalized spacial score (nSPS) is 12.3. The summed E-state index contributed by atoms with van der Waals surface area (Å²) >= 11 is 9.16. The van der Waals surface area contributed by atoms with Gasteiger partial charge in [-0.1, -0.05) is 41.4 Å². The predicted molar refractivity (Wildman–Crippen MR) is 72.9 cm³/mol. The van der Waals surface area contributed by atoms with Gasteiger partial charge in [0.25, 0.3) is 5.91 Å². The van der Waals surface area contributed by atoms with Gasteiger partial charge in [-0.15, -0.1) is 0 Å². The molecule has 0 fully saturated rings. The molecule has 0 unspecified atom stereocenters. The van der Waals surface area contributed by atoms with Crippen molar-refractivity contribution in [3.63, 3.8) is 0 Å². The molecule has 0 radical (unpaired) electrons. The molecule has 0 saturated heterocycles. The Morgan fingerprint density at radius 3 is 2.44 bits per heavy atom. The first kappa shape index (κ1) is 15.0. The number of amides is 1. The molecule has 1 aromatic carbocycles. The average Bonchev–Trinajstić information content (AvgIpc) is 2.24. The highest BCUT2D eigenvalue weighted by atomic mass is 79.9. The molecule has 1 rings (SSSR count). The van der Waals surface area contributed by atoms with Gasteiger partial charge in [0.15, 0.2) is 0 Å². The SMILES string of the molecule is CC(C)[C@H](NC(=O)c1ccc(Br)cc1Cl)C(=O)O. The van der Waals surface area contributed by atoms with Crippen LogP contribution in [-0.4, -0.2) is 23.0 Å². The molecule has 0 aliphatic rings. The lowest BCUT2D eigenvalue weighted by Gasteiger charge is -2.18. The molecule has 98 valence electrons. The van der Waals surface area contributed by atoms with Gasteiger partial charge in [0, 0.05) is 4.47 Å². The van der Waals surface area contributed by atoms with E-state index in [9.17, 15) is 9.59 Å². The molecule has 1 amide bonds. The Hall–Kier alpha value is -1.07. The Labute approximate surface area is 118 Å². The van der Waals surface area contributed by atoms with Crippen molar-refractivity contribution in [1.82, 2.24) is 5.32 Å². The summed E-state index contributed by atoms with van der Waals surface area (Å²) < 4.78 is 0.752. The summed E-state index contributed by atoms with van der Waals surface area (Å²) in [5.41, 5.74) is 0.256. The van der Waals surface area contributed by atoms with Crippen molar-refractivity contribution >= 4 is 39.4 Å². The fraction of sp³-hybridized carbons (Fsp3) is 0.333. The summed E-state index contributed by atoms with van der Waals surface area (Å²) in [4.78, 5) is 22.9. The zero-order chi connectivity index (χ0) is 13.9. The van der Waals surface area contributed by atoms with Crippen molar-refractivity contribution in [2.45, 2.75) is 19.9 Å². The number of carboxylic acid groups (broad SMARTS) is 1. The van der Waals surface area contributed by atoms with E-state index in [1.165, 1.54) is 0 Å². The van der Waals surface area contributed by atoms with Crippen LogP contribution in [0, 0.1) is 5.92 Å². The van der Waals surface area contributed by atoms with Gasteiger partial charge in [-0.2, -0.15) is 0 Å². The predicted octanol–water partition coefficient (Wildman–Crippen LogP) is 2.94. The van der Waals surface area contributed by atoms with Crippen molar-refractivity contribution < 1.29 is 14.7 Å². The second kappa shape index (κ2) is 6.20. The van der Waals surface area contributed by atoms with E-state index in [2.05, 4.69) is 21.2 Å². The first-order valence-corrected chi connectivity index (χ1v) is 6.48. The van der Waals surface area contributed by atoms with Crippen LogP contribution in [0.3, 0.4) is 0 Å². The van der Waals surface area contributed by atoms with Crippen molar-refractivity contribution in [1.29, 1.82) is 0 Å². The second-order valence-electron chi connectivity index (χ2n) is 4.16. The molecule has 0 aromatic heterocycles. The van der Waals surface area contributed by atoms with E-state index in [4.69, 9.17) is 16.7 Å². The Kier molecular flexibility index (Phi) is 5.16. The molecule has 4 nitrogen and oxygen atoms in total. The molecule has 0 bridgehead atoms. The van der Waals surface area contributed by atoms with Crippen LogP contribution in [0.2, 0.25) is 5.02 Å². The molecule has 6 heteroatoms. The number of carboxylic acids is 1. The number of hydrogen-bond donors (Lipinski definition) is 2. The number of carbonyl (C=O) groups excluding carboxylic acids is 1. The third-order valence-corrected chi connectivity index (χ3v) is 3.20. The standard InChI is InChI=1S/C12H13BrClNO3/c1-6(2)10(12(17)18)15-11(16)8-4-3-7(13)5-9(8)14/h3-6,10H,1-2H3,(H,15,16)(H,17,18)/t10-/m0/s1.